The van der Waals surface area contributed by atoms with Gasteiger partial charge in [-0.15, -0.1) is 11.3 Å². The van der Waals surface area contributed by atoms with E-state index in [1.54, 1.807) is 6.92 Å². The van der Waals surface area contributed by atoms with Crippen molar-refractivity contribution in [1.82, 2.24) is 9.38 Å². The van der Waals surface area contributed by atoms with Crippen molar-refractivity contribution in [3.05, 3.63) is 62.5 Å². The maximum Gasteiger partial charge on any atom is 0.340 e. The van der Waals surface area contributed by atoms with Gasteiger partial charge in [-0.25, -0.2) is 18.6 Å². The Hall–Kier alpha value is -2.81. The summed E-state index contributed by atoms with van der Waals surface area (Å²) in [6.07, 6.45) is 0. The van der Waals surface area contributed by atoms with Gasteiger partial charge < -0.3 is 10.1 Å². The predicted octanol–water partition coefficient (Wildman–Crippen LogP) is 2.74. The molecular weight excluding hydrogens is 352 g/mol. The molecule has 0 aliphatic rings. The van der Waals surface area contributed by atoms with Gasteiger partial charge in [0.1, 0.15) is 11.6 Å². The molecule has 3 aromatic rings. The molecule has 3 rings (SSSR count). The second-order valence-electron chi connectivity index (χ2n) is 5.24. The van der Waals surface area contributed by atoms with E-state index >= 15 is 0 Å². The lowest BCUT2D eigenvalue weighted by molar-refractivity contribution is 0.0595. The summed E-state index contributed by atoms with van der Waals surface area (Å²) in [5.41, 5.74) is 0.463. The molecule has 0 saturated carbocycles. The summed E-state index contributed by atoms with van der Waals surface area (Å²) < 4.78 is 33.5. The van der Waals surface area contributed by atoms with Gasteiger partial charge in [0, 0.05) is 23.2 Å². The molecule has 0 aliphatic heterocycles. The number of carbonyl (C=O) groups excluding carboxylic acids is 1. The fourth-order valence-electron chi connectivity index (χ4n) is 2.33. The Bertz CT molecular complexity index is 1030. The Kier molecular flexibility index (Phi) is 4.49. The Morgan fingerprint density at radius 1 is 1.32 bits per heavy atom. The number of rotatable bonds is 4. The summed E-state index contributed by atoms with van der Waals surface area (Å²) >= 11 is 1.32. The molecule has 130 valence electrons. The van der Waals surface area contributed by atoms with Crippen molar-refractivity contribution in [3.63, 3.8) is 0 Å². The van der Waals surface area contributed by atoms with Crippen molar-refractivity contribution >= 4 is 28.0 Å². The van der Waals surface area contributed by atoms with Gasteiger partial charge >= 0.3 is 5.97 Å². The molecular formula is C16H13F2N3O3S. The van der Waals surface area contributed by atoms with Crippen molar-refractivity contribution < 1.29 is 18.3 Å². The minimum absolute atomic E-state index is 0.0336. The van der Waals surface area contributed by atoms with E-state index in [-0.39, 0.29) is 23.4 Å². The maximum atomic E-state index is 13.9. The maximum absolute atomic E-state index is 13.9. The molecule has 9 heteroatoms. The summed E-state index contributed by atoms with van der Waals surface area (Å²) in [6, 6.07) is 2.96. The SMILES string of the molecule is COC(=O)c1cc(NCc2cc(=O)n3c(C)csc3n2)c(F)cc1F. The van der Waals surface area contributed by atoms with Crippen LogP contribution in [0.1, 0.15) is 21.7 Å². The molecule has 1 aromatic carbocycles. The number of nitrogens with one attached hydrogen (secondary N) is 1. The molecule has 6 nitrogen and oxygen atoms in total. The largest absolute Gasteiger partial charge is 0.465 e. The lowest BCUT2D eigenvalue weighted by Crippen LogP contribution is -2.16. The van der Waals surface area contributed by atoms with Crippen LogP contribution in [0.15, 0.2) is 28.4 Å². The first-order valence-corrected chi connectivity index (χ1v) is 8.06. The van der Waals surface area contributed by atoms with E-state index in [2.05, 4.69) is 15.0 Å². The molecule has 0 bridgehead atoms. The number of aryl methyl sites for hydroxylation is 1. The number of benzene rings is 1. The number of halogens is 2. The van der Waals surface area contributed by atoms with Gasteiger partial charge in [-0.1, -0.05) is 0 Å². The fourth-order valence-corrected chi connectivity index (χ4v) is 3.22. The number of hydrogen-bond donors (Lipinski definition) is 1. The van der Waals surface area contributed by atoms with Crippen LogP contribution in [0.3, 0.4) is 0 Å². The fraction of sp³-hybridized carbons (Fsp3) is 0.188. The second-order valence-corrected chi connectivity index (χ2v) is 6.07. The number of methoxy groups -OCH3 is 1. The molecule has 0 unspecified atom stereocenters. The number of fused-ring (bicyclic) bond motifs is 1. The van der Waals surface area contributed by atoms with Crippen molar-refractivity contribution in [2.75, 3.05) is 12.4 Å². The lowest BCUT2D eigenvalue weighted by Gasteiger charge is -2.10. The van der Waals surface area contributed by atoms with Crippen LogP contribution in [-0.2, 0) is 11.3 Å². The number of ether oxygens (including phenoxy) is 1. The third-order valence-corrected chi connectivity index (χ3v) is 4.49. The van der Waals surface area contributed by atoms with Gasteiger partial charge in [0.15, 0.2) is 4.96 Å². The van der Waals surface area contributed by atoms with Gasteiger partial charge in [-0.05, 0) is 13.0 Å². The van der Waals surface area contributed by atoms with E-state index in [9.17, 15) is 18.4 Å². The summed E-state index contributed by atoms with van der Waals surface area (Å²) in [7, 11) is 1.10. The number of aromatic nitrogens is 2. The molecule has 0 aliphatic carbocycles. The quantitative estimate of drug-likeness (QED) is 0.720. The molecule has 2 heterocycles. The summed E-state index contributed by atoms with van der Waals surface area (Å²) in [5.74, 6) is -2.79. The molecule has 0 radical (unpaired) electrons. The molecule has 0 fully saturated rings. The Balaban J connectivity index is 1.89. The number of hydrogen-bond acceptors (Lipinski definition) is 6. The zero-order valence-electron chi connectivity index (χ0n) is 13.3. The summed E-state index contributed by atoms with van der Waals surface area (Å²) in [6.45, 7) is 1.83. The molecule has 25 heavy (non-hydrogen) atoms. The van der Waals surface area contributed by atoms with Crippen molar-refractivity contribution in [3.8, 4) is 0 Å². The van der Waals surface area contributed by atoms with Crippen LogP contribution in [0, 0.1) is 18.6 Å². The monoisotopic (exact) mass is 365 g/mol. The van der Waals surface area contributed by atoms with Crippen LogP contribution in [0.4, 0.5) is 14.5 Å². The van der Waals surface area contributed by atoms with Crippen LogP contribution in [0.25, 0.3) is 4.96 Å². The Morgan fingerprint density at radius 3 is 2.80 bits per heavy atom. The van der Waals surface area contributed by atoms with Crippen molar-refractivity contribution in [2.45, 2.75) is 13.5 Å². The number of thiazole rings is 1. The third kappa shape index (κ3) is 3.22. The number of esters is 1. The van der Waals surface area contributed by atoms with Gasteiger partial charge in [0.05, 0.1) is 30.6 Å². The van der Waals surface area contributed by atoms with Crippen molar-refractivity contribution in [1.29, 1.82) is 0 Å². The predicted molar refractivity (Wildman–Crippen MR) is 89.1 cm³/mol. The van der Waals surface area contributed by atoms with E-state index in [1.165, 1.54) is 21.8 Å². The molecule has 0 amide bonds. The average Bonchev–Trinajstić information content (AvgIpc) is 2.95. The minimum Gasteiger partial charge on any atom is -0.465 e. The van der Waals surface area contributed by atoms with Gasteiger partial charge in [0.2, 0.25) is 0 Å². The van der Waals surface area contributed by atoms with Crippen LogP contribution >= 0.6 is 11.3 Å². The smallest absolute Gasteiger partial charge is 0.340 e. The topological polar surface area (TPSA) is 72.7 Å². The normalized spacial score (nSPS) is 10.9. The number of carbonyl (C=O) groups is 1. The van der Waals surface area contributed by atoms with E-state index in [4.69, 9.17) is 0 Å². The third-order valence-electron chi connectivity index (χ3n) is 3.55. The first kappa shape index (κ1) is 17.0. The highest BCUT2D eigenvalue weighted by atomic mass is 32.1. The molecule has 2 aromatic heterocycles. The van der Waals surface area contributed by atoms with Gasteiger partial charge in [0.25, 0.3) is 5.56 Å². The Morgan fingerprint density at radius 2 is 2.08 bits per heavy atom. The zero-order valence-corrected chi connectivity index (χ0v) is 14.1. The summed E-state index contributed by atoms with van der Waals surface area (Å²) in [5, 5.41) is 4.53. The lowest BCUT2D eigenvalue weighted by atomic mass is 10.1. The Labute approximate surface area is 144 Å². The van der Waals surface area contributed by atoms with E-state index in [0.29, 0.717) is 16.7 Å². The molecule has 0 atom stereocenters. The van der Waals surface area contributed by atoms with E-state index in [1.807, 2.05) is 5.38 Å². The first-order valence-electron chi connectivity index (χ1n) is 7.18. The highest BCUT2D eigenvalue weighted by Crippen LogP contribution is 2.21. The second kappa shape index (κ2) is 6.60. The van der Waals surface area contributed by atoms with Crippen LogP contribution in [0.2, 0.25) is 0 Å². The highest BCUT2D eigenvalue weighted by Gasteiger charge is 2.16. The molecule has 0 spiro atoms. The highest BCUT2D eigenvalue weighted by molar-refractivity contribution is 7.15. The van der Waals surface area contributed by atoms with Crippen LogP contribution in [0.5, 0.6) is 0 Å². The van der Waals surface area contributed by atoms with Crippen LogP contribution in [-0.4, -0.2) is 22.5 Å². The number of nitrogens with zero attached hydrogens (tertiary/aromatic N) is 2. The standard InChI is InChI=1S/C16H13F2N3O3S/c1-8-7-25-16-20-9(3-14(22)21(8)16)6-19-13-4-10(15(23)24-2)11(17)5-12(13)18/h3-5,7,19H,6H2,1-2H3. The van der Waals surface area contributed by atoms with Crippen molar-refractivity contribution in [2.24, 2.45) is 0 Å². The molecule has 0 saturated heterocycles. The van der Waals surface area contributed by atoms with E-state index < -0.39 is 17.6 Å². The zero-order chi connectivity index (χ0) is 18.1. The van der Waals surface area contributed by atoms with E-state index in [0.717, 1.165) is 18.9 Å². The summed E-state index contributed by atoms with van der Waals surface area (Å²) in [4.78, 5) is 28.5. The average molecular weight is 365 g/mol. The molecule has 1 N–H and O–H groups in total. The van der Waals surface area contributed by atoms with Gasteiger partial charge in [-0.2, -0.15) is 0 Å². The van der Waals surface area contributed by atoms with Gasteiger partial charge in [-0.3, -0.25) is 9.20 Å². The van der Waals surface area contributed by atoms with Crippen LogP contribution < -0.4 is 10.9 Å². The minimum atomic E-state index is -1.01. The first-order chi connectivity index (χ1) is 11.9. The number of anilines is 1.